The zero-order valence-corrected chi connectivity index (χ0v) is 8.45. The van der Waals surface area contributed by atoms with Crippen LogP contribution in [0.1, 0.15) is 18.9 Å². The van der Waals surface area contributed by atoms with Gasteiger partial charge in [-0.05, 0) is 26.0 Å². The summed E-state index contributed by atoms with van der Waals surface area (Å²) in [6, 6.07) is 8.39. The van der Waals surface area contributed by atoms with E-state index < -0.39 is 0 Å². The van der Waals surface area contributed by atoms with E-state index in [2.05, 4.69) is 12.3 Å². The van der Waals surface area contributed by atoms with Gasteiger partial charge in [0.1, 0.15) is 0 Å². The highest BCUT2D eigenvalue weighted by Gasteiger charge is 2.26. The van der Waals surface area contributed by atoms with Crippen molar-refractivity contribution in [1.82, 2.24) is 5.43 Å². The Morgan fingerprint density at radius 1 is 1.36 bits per heavy atom. The summed E-state index contributed by atoms with van der Waals surface area (Å²) in [4.78, 5) is 11.2. The van der Waals surface area contributed by atoms with Gasteiger partial charge < -0.3 is 0 Å². The van der Waals surface area contributed by atoms with Gasteiger partial charge in [0.05, 0.1) is 18.2 Å². The Hall–Kier alpha value is -1.51. The Labute approximate surface area is 83.7 Å². The Balaban J connectivity index is 2.23. The molecule has 1 aliphatic heterocycles. The quantitative estimate of drug-likeness (QED) is 0.730. The maximum atomic E-state index is 11.2. The topological polar surface area (TPSA) is 32.3 Å². The lowest BCUT2D eigenvalue weighted by molar-refractivity contribution is -0.119. The number of hydrazine groups is 1. The fraction of sp³-hybridized carbons (Fsp3) is 0.364. The van der Waals surface area contributed by atoms with Gasteiger partial charge in [0.15, 0.2) is 0 Å². The van der Waals surface area contributed by atoms with E-state index in [-0.39, 0.29) is 11.9 Å². The van der Waals surface area contributed by atoms with Gasteiger partial charge in [0.25, 0.3) is 0 Å². The molecule has 1 aliphatic rings. The SMILES string of the molecule is Cc1ccc(N2NC(=O)CC2C)cc1. The van der Waals surface area contributed by atoms with Crippen LogP contribution in [-0.4, -0.2) is 11.9 Å². The number of carbonyl (C=O) groups is 1. The third-order valence-corrected chi connectivity index (χ3v) is 2.48. The van der Waals surface area contributed by atoms with Crippen LogP contribution in [0.25, 0.3) is 0 Å². The molecule has 1 unspecified atom stereocenters. The lowest BCUT2D eigenvalue weighted by atomic mass is 10.2. The predicted octanol–water partition coefficient (Wildman–Crippen LogP) is 1.62. The molecule has 1 aromatic carbocycles. The summed E-state index contributed by atoms with van der Waals surface area (Å²) in [5.41, 5.74) is 5.11. The Morgan fingerprint density at radius 3 is 2.50 bits per heavy atom. The maximum absolute atomic E-state index is 11.2. The van der Waals surface area contributed by atoms with Crippen LogP contribution in [0.15, 0.2) is 24.3 Å². The summed E-state index contributed by atoms with van der Waals surface area (Å²) < 4.78 is 0. The smallest absolute Gasteiger partial charge is 0.240 e. The zero-order valence-electron chi connectivity index (χ0n) is 8.45. The predicted molar refractivity (Wildman–Crippen MR) is 55.9 cm³/mol. The molecule has 3 nitrogen and oxygen atoms in total. The minimum absolute atomic E-state index is 0.0954. The van der Waals surface area contributed by atoms with Gasteiger partial charge in [-0.25, -0.2) is 0 Å². The fourth-order valence-electron chi connectivity index (χ4n) is 1.67. The molecule has 1 N–H and O–H groups in total. The summed E-state index contributed by atoms with van der Waals surface area (Å²) >= 11 is 0. The van der Waals surface area contributed by atoms with Crippen molar-refractivity contribution < 1.29 is 4.79 Å². The Kier molecular flexibility index (Phi) is 2.15. The second-order valence-corrected chi connectivity index (χ2v) is 3.79. The van der Waals surface area contributed by atoms with E-state index in [1.54, 1.807) is 0 Å². The molecule has 14 heavy (non-hydrogen) atoms. The molecule has 0 spiro atoms. The van der Waals surface area contributed by atoms with E-state index in [4.69, 9.17) is 0 Å². The van der Waals surface area contributed by atoms with Gasteiger partial charge in [0.2, 0.25) is 5.91 Å². The molecule has 1 heterocycles. The van der Waals surface area contributed by atoms with E-state index in [9.17, 15) is 4.79 Å². The monoisotopic (exact) mass is 190 g/mol. The van der Waals surface area contributed by atoms with Gasteiger partial charge in [-0.2, -0.15) is 0 Å². The molecule has 3 heteroatoms. The second kappa shape index (κ2) is 3.33. The number of aryl methyl sites for hydroxylation is 1. The van der Waals surface area contributed by atoms with E-state index in [1.807, 2.05) is 36.2 Å². The zero-order chi connectivity index (χ0) is 10.1. The maximum Gasteiger partial charge on any atom is 0.240 e. The molecule has 1 fully saturated rings. The molecular weight excluding hydrogens is 176 g/mol. The van der Waals surface area contributed by atoms with Crippen LogP contribution < -0.4 is 10.4 Å². The normalized spacial score (nSPS) is 21.1. The second-order valence-electron chi connectivity index (χ2n) is 3.79. The van der Waals surface area contributed by atoms with Crippen molar-refractivity contribution in [2.45, 2.75) is 26.3 Å². The van der Waals surface area contributed by atoms with Crippen molar-refractivity contribution in [3.63, 3.8) is 0 Å². The summed E-state index contributed by atoms with van der Waals surface area (Å²) in [6.07, 6.45) is 0.577. The fourth-order valence-corrected chi connectivity index (χ4v) is 1.67. The summed E-state index contributed by atoms with van der Waals surface area (Å²) in [6.45, 7) is 4.09. The van der Waals surface area contributed by atoms with Gasteiger partial charge >= 0.3 is 0 Å². The van der Waals surface area contributed by atoms with Gasteiger partial charge in [-0.3, -0.25) is 15.2 Å². The van der Waals surface area contributed by atoms with Crippen molar-refractivity contribution in [3.8, 4) is 0 Å². The van der Waals surface area contributed by atoms with Crippen LogP contribution in [0.2, 0.25) is 0 Å². The molecule has 74 valence electrons. The molecule has 0 bridgehead atoms. The van der Waals surface area contributed by atoms with E-state index in [0.717, 1.165) is 5.69 Å². The molecule has 1 saturated heterocycles. The molecule has 0 aliphatic carbocycles. The minimum atomic E-state index is 0.0954. The van der Waals surface area contributed by atoms with Crippen molar-refractivity contribution >= 4 is 11.6 Å². The molecule has 0 aromatic heterocycles. The molecule has 0 saturated carbocycles. The molecule has 1 amide bonds. The minimum Gasteiger partial charge on any atom is -0.282 e. The van der Waals surface area contributed by atoms with E-state index >= 15 is 0 Å². The molecule has 0 radical (unpaired) electrons. The highest BCUT2D eigenvalue weighted by molar-refractivity contribution is 5.82. The van der Waals surface area contributed by atoms with Crippen LogP contribution in [0.4, 0.5) is 5.69 Å². The van der Waals surface area contributed by atoms with Crippen LogP contribution in [0, 0.1) is 6.92 Å². The first kappa shape index (κ1) is 9.06. The number of anilines is 1. The van der Waals surface area contributed by atoms with Crippen LogP contribution in [0.5, 0.6) is 0 Å². The van der Waals surface area contributed by atoms with Crippen LogP contribution in [-0.2, 0) is 4.79 Å². The number of amides is 1. The highest BCUT2D eigenvalue weighted by atomic mass is 16.2. The molecule has 1 aromatic rings. The number of hydrogen-bond donors (Lipinski definition) is 1. The number of carbonyl (C=O) groups excluding carboxylic acids is 1. The number of benzene rings is 1. The van der Waals surface area contributed by atoms with Crippen LogP contribution >= 0.6 is 0 Å². The first-order valence-corrected chi connectivity index (χ1v) is 4.82. The van der Waals surface area contributed by atoms with Crippen molar-refractivity contribution in [1.29, 1.82) is 0 Å². The number of nitrogens with one attached hydrogen (secondary N) is 1. The summed E-state index contributed by atoms with van der Waals surface area (Å²) in [5.74, 6) is 0.0954. The number of hydrogen-bond acceptors (Lipinski definition) is 2. The van der Waals surface area contributed by atoms with E-state index in [1.165, 1.54) is 5.56 Å². The number of nitrogens with zero attached hydrogens (tertiary/aromatic N) is 1. The van der Waals surface area contributed by atoms with E-state index in [0.29, 0.717) is 6.42 Å². The van der Waals surface area contributed by atoms with Gasteiger partial charge in [-0.15, -0.1) is 0 Å². The first-order valence-electron chi connectivity index (χ1n) is 4.82. The Bertz CT molecular complexity index is 345. The number of rotatable bonds is 1. The third-order valence-electron chi connectivity index (χ3n) is 2.48. The Morgan fingerprint density at radius 2 is 2.00 bits per heavy atom. The average Bonchev–Trinajstić information content (AvgIpc) is 2.47. The molecule has 2 rings (SSSR count). The van der Waals surface area contributed by atoms with Gasteiger partial charge in [0, 0.05) is 0 Å². The largest absolute Gasteiger partial charge is 0.282 e. The third kappa shape index (κ3) is 1.58. The van der Waals surface area contributed by atoms with Crippen LogP contribution in [0.3, 0.4) is 0 Å². The summed E-state index contributed by atoms with van der Waals surface area (Å²) in [5, 5.41) is 1.92. The van der Waals surface area contributed by atoms with Crippen molar-refractivity contribution in [3.05, 3.63) is 29.8 Å². The van der Waals surface area contributed by atoms with Crippen molar-refractivity contribution in [2.24, 2.45) is 0 Å². The summed E-state index contributed by atoms with van der Waals surface area (Å²) in [7, 11) is 0. The standard InChI is InChI=1S/C11H14N2O/c1-8-3-5-10(6-4-8)13-9(2)7-11(14)12-13/h3-6,9H,7H2,1-2H3,(H,12,14). The molecule has 1 atom stereocenters. The highest BCUT2D eigenvalue weighted by Crippen LogP contribution is 2.20. The van der Waals surface area contributed by atoms with Crippen molar-refractivity contribution in [2.75, 3.05) is 5.01 Å². The lowest BCUT2D eigenvalue weighted by Gasteiger charge is -2.22. The average molecular weight is 190 g/mol. The first-order chi connectivity index (χ1) is 6.66. The lowest BCUT2D eigenvalue weighted by Crippen LogP contribution is -2.36. The molecular formula is C11H14N2O. The van der Waals surface area contributed by atoms with Gasteiger partial charge in [-0.1, -0.05) is 17.7 Å².